The lowest BCUT2D eigenvalue weighted by molar-refractivity contribution is 0.564. The number of anilines is 1. The normalized spacial score (nSPS) is 12.3. The van der Waals surface area contributed by atoms with Crippen molar-refractivity contribution < 1.29 is 8.39 Å². The molecule has 5 heteroatoms. The lowest BCUT2D eigenvalue weighted by atomic mass is 10.3. The highest BCUT2D eigenvalue weighted by molar-refractivity contribution is 7.83. The average Bonchev–Trinajstić information content (AvgIpc) is 2.74. The second-order valence-corrected chi connectivity index (χ2v) is 5.10. The topological polar surface area (TPSA) is 52.3 Å². The molecule has 0 radical (unpaired) electrons. The van der Waals surface area contributed by atoms with Crippen LogP contribution in [0.4, 0.5) is 5.69 Å². The van der Waals surface area contributed by atoms with Crippen molar-refractivity contribution in [2.75, 3.05) is 5.73 Å². The fraction of sp³-hybridized carbons (Fsp3) is 0. The van der Waals surface area contributed by atoms with Gasteiger partial charge in [0.2, 0.25) is 0 Å². The van der Waals surface area contributed by atoms with Gasteiger partial charge in [0.05, 0.1) is 0 Å². The van der Waals surface area contributed by atoms with Gasteiger partial charge in [0.25, 0.3) is 11.1 Å². The van der Waals surface area contributed by atoms with Gasteiger partial charge in [-0.25, -0.2) is 4.21 Å². The number of benzene rings is 1. The molecule has 0 saturated carbocycles. The lowest BCUT2D eigenvalue weighted by Gasteiger charge is -2.02. The largest absolute Gasteiger partial charge is 0.399 e. The van der Waals surface area contributed by atoms with E-state index in [0.29, 0.717) is 15.6 Å². The van der Waals surface area contributed by atoms with E-state index in [1.807, 2.05) is 11.4 Å². The molecule has 1 aromatic carbocycles. The van der Waals surface area contributed by atoms with E-state index in [4.69, 9.17) is 9.92 Å². The third kappa shape index (κ3) is 2.57. The highest BCUT2D eigenvalue weighted by Crippen LogP contribution is 2.19. The van der Waals surface area contributed by atoms with Crippen molar-refractivity contribution in [1.29, 1.82) is 0 Å². The van der Waals surface area contributed by atoms with E-state index in [2.05, 4.69) is 0 Å². The van der Waals surface area contributed by atoms with E-state index in [1.165, 1.54) is 11.3 Å². The number of nitrogens with two attached hydrogens (primary N) is 1. The molecule has 1 aromatic heterocycles. The Labute approximate surface area is 94.2 Å². The highest BCUT2D eigenvalue weighted by Gasteiger charge is 2.06. The van der Waals surface area contributed by atoms with E-state index >= 15 is 0 Å². The predicted molar refractivity (Wildman–Crippen MR) is 62.2 cm³/mol. The predicted octanol–water partition coefficient (Wildman–Crippen LogP) is 2.43. The summed E-state index contributed by atoms with van der Waals surface area (Å²) in [7, 11) is 0. The molecule has 0 spiro atoms. The van der Waals surface area contributed by atoms with Crippen LogP contribution in [0.25, 0.3) is 0 Å². The fourth-order valence-corrected chi connectivity index (χ4v) is 2.60. The van der Waals surface area contributed by atoms with Gasteiger partial charge in [0, 0.05) is 5.69 Å². The maximum atomic E-state index is 11.6. The summed E-state index contributed by atoms with van der Waals surface area (Å²) in [5.74, 6) is 0.552. The lowest BCUT2D eigenvalue weighted by Crippen LogP contribution is -1.98. The highest BCUT2D eigenvalue weighted by atomic mass is 32.2. The Morgan fingerprint density at radius 3 is 2.53 bits per heavy atom. The second kappa shape index (κ2) is 4.46. The molecule has 0 aliphatic heterocycles. The van der Waals surface area contributed by atoms with Crippen molar-refractivity contribution in [2.24, 2.45) is 0 Å². The van der Waals surface area contributed by atoms with Gasteiger partial charge < -0.3 is 9.92 Å². The van der Waals surface area contributed by atoms with Crippen molar-refractivity contribution >= 4 is 28.1 Å². The number of hydrogen-bond acceptors (Lipinski definition) is 4. The Balaban J connectivity index is 2.09. The van der Waals surface area contributed by atoms with Crippen molar-refractivity contribution in [2.45, 2.75) is 4.21 Å². The van der Waals surface area contributed by atoms with Gasteiger partial charge in [0.15, 0.2) is 0 Å². The SMILES string of the molecule is Nc1ccc(OS(=O)c2cccs2)cc1. The van der Waals surface area contributed by atoms with Crippen LogP contribution < -0.4 is 9.92 Å². The van der Waals surface area contributed by atoms with Gasteiger partial charge in [-0.2, -0.15) is 0 Å². The molecule has 1 heterocycles. The van der Waals surface area contributed by atoms with Crippen LogP contribution in [0.15, 0.2) is 46.0 Å². The minimum absolute atomic E-state index is 0.552. The molecule has 2 N–H and O–H groups in total. The number of thiophene rings is 1. The molecule has 0 aliphatic carbocycles. The fourth-order valence-electron chi connectivity index (χ4n) is 1.01. The zero-order valence-corrected chi connectivity index (χ0v) is 9.38. The summed E-state index contributed by atoms with van der Waals surface area (Å²) < 4.78 is 17.6. The average molecular weight is 239 g/mol. The molecule has 0 aliphatic rings. The molecule has 2 aromatic rings. The van der Waals surface area contributed by atoms with Gasteiger partial charge in [0.1, 0.15) is 9.96 Å². The molecule has 0 fully saturated rings. The van der Waals surface area contributed by atoms with E-state index in [0.717, 1.165) is 0 Å². The summed E-state index contributed by atoms with van der Waals surface area (Å²) >= 11 is -0.0286. The Morgan fingerprint density at radius 2 is 1.93 bits per heavy atom. The quantitative estimate of drug-likeness (QED) is 0.837. The summed E-state index contributed by atoms with van der Waals surface area (Å²) in [6.07, 6.45) is 0. The van der Waals surface area contributed by atoms with Gasteiger partial charge in [-0.3, -0.25) is 0 Å². The number of nitrogen functional groups attached to an aromatic ring is 1. The first-order valence-electron chi connectivity index (χ1n) is 4.25. The van der Waals surface area contributed by atoms with Crippen LogP contribution in [0.1, 0.15) is 0 Å². The number of hydrogen-bond donors (Lipinski definition) is 1. The summed E-state index contributed by atoms with van der Waals surface area (Å²) in [5, 5.41) is 1.86. The van der Waals surface area contributed by atoms with E-state index in [9.17, 15) is 4.21 Å². The Hall–Kier alpha value is -1.33. The third-order valence-electron chi connectivity index (χ3n) is 1.71. The zero-order chi connectivity index (χ0) is 10.7. The minimum Gasteiger partial charge on any atom is -0.399 e. The summed E-state index contributed by atoms with van der Waals surface area (Å²) in [6, 6.07) is 10.4. The van der Waals surface area contributed by atoms with Crippen LogP contribution in [0.5, 0.6) is 5.75 Å². The molecule has 0 saturated heterocycles. The van der Waals surface area contributed by atoms with Crippen LogP contribution in [0, 0.1) is 0 Å². The molecule has 1 atom stereocenters. The minimum atomic E-state index is -1.43. The van der Waals surface area contributed by atoms with Crippen LogP contribution >= 0.6 is 11.3 Å². The van der Waals surface area contributed by atoms with Crippen molar-refractivity contribution in [3.05, 3.63) is 41.8 Å². The maximum Gasteiger partial charge on any atom is 0.251 e. The summed E-state index contributed by atoms with van der Waals surface area (Å²) in [6.45, 7) is 0. The third-order valence-corrected chi connectivity index (χ3v) is 3.88. The standard InChI is InChI=1S/C10H9NO2S2/c11-8-3-5-9(6-4-8)13-15(12)10-2-1-7-14-10/h1-7H,11H2. The number of rotatable bonds is 3. The van der Waals surface area contributed by atoms with Crippen molar-refractivity contribution in [3.8, 4) is 5.75 Å². The molecule has 1 unspecified atom stereocenters. The maximum absolute atomic E-state index is 11.6. The van der Waals surface area contributed by atoms with Crippen LogP contribution in [-0.2, 0) is 11.1 Å². The first kappa shape index (κ1) is 10.2. The van der Waals surface area contributed by atoms with E-state index < -0.39 is 11.1 Å². The smallest absolute Gasteiger partial charge is 0.251 e. The van der Waals surface area contributed by atoms with Crippen LogP contribution in [-0.4, -0.2) is 4.21 Å². The molecule has 0 amide bonds. The summed E-state index contributed by atoms with van der Waals surface area (Å²) in [4.78, 5) is 0. The first-order valence-corrected chi connectivity index (χ1v) is 6.20. The van der Waals surface area contributed by atoms with E-state index in [-0.39, 0.29) is 0 Å². The molecule has 78 valence electrons. The second-order valence-electron chi connectivity index (χ2n) is 2.82. The van der Waals surface area contributed by atoms with Gasteiger partial charge in [-0.05, 0) is 35.7 Å². The van der Waals surface area contributed by atoms with Crippen molar-refractivity contribution in [1.82, 2.24) is 0 Å². The zero-order valence-electron chi connectivity index (χ0n) is 7.75. The van der Waals surface area contributed by atoms with E-state index in [1.54, 1.807) is 30.3 Å². The Bertz CT molecular complexity index is 451. The monoisotopic (exact) mass is 239 g/mol. The molecular weight excluding hydrogens is 230 g/mol. The van der Waals surface area contributed by atoms with Gasteiger partial charge in [-0.15, -0.1) is 11.3 Å². The summed E-state index contributed by atoms with van der Waals surface area (Å²) in [5.41, 5.74) is 6.18. The van der Waals surface area contributed by atoms with Crippen LogP contribution in [0.2, 0.25) is 0 Å². The first-order chi connectivity index (χ1) is 7.25. The molecule has 15 heavy (non-hydrogen) atoms. The Morgan fingerprint density at radius 1 is 1.20 bits per heavy atom. The molecule has 3 nitrogen and oxygen atoms in total. The van der Waals surface area contributed by atoms with Crippen molar-refractivity contribution in [3.63, 3.8) is 0 Å². The van der Waals surface area contributed by atoms with Gasteiger partial charge in [-0.1, -0.05) is 6.07 Å². The molecule has 0 bridgehead atoms. The Kier molecular flexibility index (Phi) is 3.03. The molecular formula is C10H9NO2S2. The molecule has 2 rings (SSSR count). The van der Waals surface area contributed by atoms with Gasteiger partial charge >= 0.3 is 0 Å². The van der Waals surface area contributed by atoms with Crippen LogP contribution in [0.3, 0.4) is 0 Å².